The van der Waals surface area contributed by atoms with Gasteiger partial charge in [0, 0.05) is 6.54 Å². The minimum Gasteiger partial charge on any atom is -0.495 e. The van der Waals surface area contributed by atoms with Crippen molar-refractivity contribution < 1.29 is 21.6 Å². The number of para-hydroxylation sites is 1. The first-order chi connectivity index (χ1) is 9.34. The van der Waals surface area contributed by atoms with Crippen LogP contribution in [0.4, 0.5) is 0 Å². The van der Waals surface area contributed by atoms with Gasteiger partial charge in [-0.05, 0) is 24.5 Å². The van der Waals surface area contributed by atoms with Crippen LogP contribution in [-0.4, -0.2) is 42.0 Å². The zero-order valence-electron chi connectivity index (χ0n) is 11.1. The Balaban J connectivity index is 2.08. The number of methoxy groups -OCH3 is 1. The summed E-state index contributed by atoms with van der Waals surface area (Å²) in [6.45, 7) is 0.125. The van der Waals surface area contributed by atoms with Crippen LogP contribution in [0, 0.1) is 5.92 Å². The molecule has 1 aliphatic heterocycles. The molecule has 0 spiro atoms. The Kier molecular flexibility index (Phi) is 4.36. The van der Waals surface area contributed by atoms with Gasteiger partial charge in [0.05, 0.1) is 18.6 Å². The van der Waals surface area contributed by atoms with Crippen molar-refractivity contribution in [1.29, 1.82) is 0 Å². The summed E-state index contributed by atoms with van der Waals surface area (Å²) in [7, 11) is -5.30. The summed E-state index contributed by atoms with van der Waals surface area (Å²) in [5, 5.41) is 0. The summed E-state index contributed by atoms with van der Waals surface area (Å²) in [5.41, 5.74) is 0. The number of hydrogen-bond acceptors (Lipinski definition) is 5. The Morgan fingerprint density at radius 3 is 2.65 bits per heavy atom. The van der Waals surface area contributed by atoms with Crippen molar-refractivity contribution in [2.45, 2.75) is 11.3 Å². The van der Waals surface area contributed by atoms with Crippen LogP contribution in [0.15, 0.2) is 29.2 Å². The largest absolute Gasteiger partial charge is 0.495 e. The molecule has 1 aliphatic rings. The number of sulfone groups is 1. The van der Waals surface area contributed by atoms with Crippen molar-refractivity contribution in [3.8, 4) is 5.75 Å². The van der Waals surface area contributed by atoms with E-state index in [0.717, 1.165) is 0 Å². The summed E-state index contributed by atoms with van der Waals surface area (Å²) < 4.78 is 54.5. The molecule has 8 heteroatoms. The van der Waals surface area contributed by atoms with Gasteiger partial charge >= 0.3 is 0 Å². The average molecular weight is 319 g/mol. The van der Waals surface area contributed by atoms with Gasteiger partial charge < -0.3 is 4.74 Å². The van der Waals surface area contributed by atoms with E-state index >= 15 is 0 Å². The van der Waals surface area contributed by atoms with Crippen molar-refractivity contribution in [2.24, 2.45) is 5.92 Å². The summed E-state index contributed by atoms with van der Waals surface area (Å²) >= 11 is 0. The molecule has 0 aromatic heterocycles. The van der Waals surface area contributed by atoms with Crippen LogP contribution in [0.2, 0.25) is 0 Å². The molecule has 0 aliphatic carbocycles. The second-order valence-corrected chi connectivity index (χ2v) is 8.74. The minimum atomic E-state index is -3.70. The quantitative estimate of drug-likeness (QED) is 0.849. The van der Waals surface area contributed by atoms with Gasteiger partial charge in [-0.2, -0.15) is 0 Å². The van der Waals surface area contributed by atoms with E-state index in [1.807, 2.05) is 0 Å². The van der Waals surface area contributed by atoms with Gasteiger partial charge in [-0.15, -0.1) is 0 Å². The predicted molar refractivity (Wildman–Crippen MR) is 74.9 cm³/mol. The number of sulfonamides is 1. The standard InChI is InChI=1S/C12H17NO5S2/c1-18-11-4-2-3-5-12(11)20(16,17)13-8-10-6-7-19(14,15)9-10/h2-5,10,13H,6-9H2,1H3. The second kappa shape index (κ2) is 5.71. The van der Waals surface area contributed by atoms with Crippen molar-refractivity contribution in [2.75, 3.05) is 25.2 Å². The molecule has 20 heavy (non-hydrogen) atoms. The molecule has 0 saturated carbocycles. The zero-order chi connectivity index (χ0) is 14.8. The normalized spacial score (nSPS) is 21.8. The molecular weight excluding hydrogens is 302 g/mol. The molecule has 0 radical (unpaired) electrons. The molecule has 1 atom stereocenters. The number of benzene rings is 1. The molecule has 1 aromatic carbocycles. The zero-order valence-corrected chi connectivity index (χ0v) is 12.7. The first kappa shape index (κ1) is 15.3. The van der Waals surface area contributed by atoms with Crippen LogP contribution in [-0.2, 0) is 19.9 Å². The van der Waals surface area contributed by atoms with Gasteiger partial charge in [-0.1, -0.05) is 12.1 Å². The third kappa shape index (κ3) is 3.50. The molecule has 2 rings (SSSR count). The Morgan fingerprint density at radius 2 is 2.05 bits per heavy atom. The van der Waals surface area contributed by atoms with Gasteiger partial charge in [0.25, 0.3) is 0 Å². The van der Waals surface area contributed by atoms with E-state index in [9.17, 15) is 16.8 Å². The van der Waals surface area contributed by atoms with Crippen LogP contribution in [0.5, 0.6) is 5.75 Å². The van der Waals surface area contributed by atoms with Crippen molar-refractivity contribution in [3.63, 3.8) is 0 Å². The van der Waals surface area contributed by atoms with E-state index in [2.05, 4.69) is 4.72 Å². The summed E-state index contributed by atoms with van der Waals surface area (Å²) in [6, 6.07) is 6.31. The maximum atomic E-state index is 12.2. The molecular formula is C12H17NO5S2. The smallest absolute Gasteiger partial charge is 0.244 e. The van der Waals surface area contributed by atoms with Gasteiger partial charge in [0.1, 0.15) is 10.6 Å². The van der Waals surface area contributed by atoms with Crippen molar-refractivity contribution in [1.82, 2.24) is 4.72 Å². The third-order valence-corrected chi connectivity index (χ3v) is 6.55. The number of ether oxygens (including phenoxy) is 1. The van der Waals surface area contributed by atoms with Crippen LogP contribution in [0.25, 0.3) is 0 Å². The van der Waals surface area contributed by atoms with E-state index in [1.54, 1.807) is 18.2 Å². The van der Waals surface area contributed by atoms with E-state index in [-0.39, 0.29) is 34.6 Å². The van der Waals surface area contributed by atoms with Gasteiger partial charge in [-0.25, -0.2) is 21.6 Å². The van der Waals surface area contributed by atoms with E-state index in [4.69, 9.17) is 4.74 Å². The molecule has 1 N–H and O–H groups in total. The SMILES string of the molecule is COc1ccccc1S(=O)(=O)NCC1CCS(=O)(=O)C1. The van der Waals surface area contributed by atoms with Crippen LogP contribution < -0.4 is 9.46 Å². The Morgan fingerprint density at radius 1 is 1.35 bits per heavy atom. The maximum absolute atomic E-state index is 12.2. The van der Waals surface area contributed by atoms with Crippen LogP contribution in [0.3, 0.4) is 0 Å². The Bertz CT molecular complexity index is 682. The molecule has 1 heterocycles. The van der Waals surface area contributed by atoms with Crippen molar-refractivity contribution >= 4 is 19.9 Å². The molecule has 1 aromatic rings. The number of nitrogens with one attached hydrogen (secondary N) is 1. The number of hydrogen-bond donors (Lipinski definition) is 1. The predicted octanol–water partition coefficient (Wildman–Crippen LogP) is 0.408. The lowest BCUT2D eigenvalue weighted by molar-refractivity contribution is 0.402. The Hall–Kier alpha value is -1.12. The van der Waals surface area contributed by atoms with E-state index in [1.165, 1.54) is 13.2 Å². The topological polar surface area (TPSA) is 89.5 Å². The summed E-state index contributed by atoms with van der Waals surface area (Å²) in [5.74, 6) is 0.277. The monoisotopic (exact) mass is 319 g/mol. The lowest BCUT2D eigenvalue weighted by Crippen LogP contribution is -2.30. The molecule has 1 fully saturated rings. The highest BCUT2D eigenvalue weighted by molar-refractivity contribution is 7.91. The molecule has 6 nitrogen and oxygen atoms in total. The highest BCUT2D eigenvalue weighted by atomic mass is 32.2. The Labute approximate surface area is 119 Å². The van der Waals surface area contributed by atoms with Gasteiger partial charge in [0.15, 0.2) is 9.84 Å². The number of rotatable bonds is 5. The van der Waals surface area contributed by atoms with E-state index in [0.29, 0.717) is 6.42 Å². The summed E-state index contributed by atoms with van der Waals surface area (Å²) in [4.78, 5) is 0.0587. The maximum Gasteiger partial charge on any atom is 0.244 e. The fourth-order valence-corrected chi connectivity index (χ4v) is 5.33. The first-order valence-corrected chi connectivity index (χ1v) is 9.47. The molecule has 1 unspecified atom stereocenters. The average Bonchev–Trinajstić information content (AvgIpc) is 2.76. The fraction of sp³-hybridized carbons (Fsp3) is 0.500. The van der Waals surface area contributed by atoms with Gasteiger partial charge in [0.2, 0.25) is 10.0 Å². The first-order valence-electron chi connectivity index (χ1n) is 6.17. The lowest BCUT2D eigenvalue weighted by atomic mass is 10.1. The molecule has 0 bridgehead atoms. The molecule has 112 valence electrons. The van der Waals surface area contributed by atoms with E-state index < -0.39 is 19.9 Å². The highest BCUT2D eigenvalue weighted by Crippen LogP contribution is 2.23. The van der Waals surface area contributed by atoms with Crippen LogP contribution in [0.1, 0.15) is 6.42 Å². The van der Waals surface area contributed by atoms with Crippen molar-refractivity contribution in [3.05, 3.63) is 24.3 Å². The third-order valence-electron chi connectivity index (χ3n) is 3.25. The fourth-order valence-electron chi connectivity index (χ4n) is 2.18. The second-order valence-electron chi connectivity index (χ2n) is 4.77. The minimum absolute atomic E-state index is 0.0431. The summed E-state index contributed by atoms with van der Waals surface area (Å²) in [6.07, 6.45) is 0.497. The molecule has 0 amide bonds. The van der Waals surface area contributed by atoms with Gasteiger partial charge in [-0.3, -0.25) is 0 Å². The lowest BCUT2D eigenvalue weighted by Gasteiger charge is -2.12. The molecule has 1 saturated heterocycles. The highest BCUT2D eigenvalue weighted by Gasteiger charge is 2.29. The van der Waals surface area contributed by atoms with Crippen LogP contribution >= 0.6 is 0 Å².